The van der Waals surface area contributed by atoms with Crippen LogP contribution in [0.2, 0.25) is 5.02 Å². The van der Waals surface area contributed by atoms with Gasteiger partial charge in [-0.25, -0.2) is 0 Å². The van der Waals surface area contributed by atoms with Crippen molar-refractivity contribution in [3.63, 3.8) is 0 Å². The Morgan fingerprint density at radius 3 is 2.94 bits per heavy atom. The minimum absolute atomic E-state index is 0.0584. The molecule has 1 N–H and O–H groups in total. The molecular weight excluding hydrogens is 292 g/mol. The standard InChI is InChI=1S/C11H9ClN2O2S2/c12-7-2-1-3-8(4-7)13-9(15)5-14-10(16)6-18-11(14)17/h1-4H,5-6H2,(H,13,15). The third-order valence-electron chi connectivity index (χ3n) is 2.25. The number of hydrogen-bond donors (Lipinski definition) is 1. The fourth-order valence-electron chi connectivity index (χ4n) is 1.44. The summed E-state index contributed by atoms with van der Waals surface area (Å²) < 4.78 is 0.446. The predicted octanol–water partition coefficient (Wildman–Crippen LogP) is 2.14. The zero-order chi connectivity index (χ0) is 13.1. The molecule has 1 aromatic carbocycles. The average molecular weight is 301 g/mol. The number of rotatable bonds is 3. The molecule has 94 valence electrons. The lowest BCUT2D eigenvalue weighted by Crippen LogP contribution is -2.36. The van der Waals surface area contributed by atoms with Crippen LogP contribution in [0.4, 0.5) is 5.69 Å². The number of amides is 2. The number of halogens is 1. The van der Waals surface area contributed by atoms with Crippen LogP contribution in [0.1, 0.15) is 0 Å². The molecule has 0 aromatic heterocycles. The number of nitrogens with zero attached hydrogens (tertiary/aromatic N) is 1. The Kier molecular flexibility index (Phi) is 4.21. The van der Waals surface area contributed by atoms with E-state index in [0.717, 1.165) is 0 Å². The summed E-state index contributed by atoms with van der Waals surface area (Å²) in [6, 6.07) is 6.81. The normalized spacial score (nSPS) is 15.1. The molecule has 1 aromatic rings. The zero-order valence-electron chi connectivity index (χ0n) is 9.18. The van der Waals surface area contributed by atoms with Gasteiger partial charge in [0, 0.05) is 10.7 Å². The molecule has 2 amide bonds. The first kappa shape index (κ1) is 13.3. The predicted molar refractivity (Wildman–Crippen MR) is 76.9 cm³/mol. The van der Waals surface area contributed by atoms with Crippen LogP contribution in [0.15, 0.2) is 24.3 Å². The first-order valence-corrected chi connectivity index (χ1v) is 6.86. The van der Waals surface area contributed by atoms with E-state index in [9.17, 15) is 9.59 Å². The van der Waals surface area contributed by atoms with Crippen LogP contribution in [0.25, 0.3) is 0 Å². The maximum absolute atomic E-state index is 11.8. The highest BCUT2D eigenvalue weighted by molar-refractivity contribution is 8.23. The number of thiocarbonyl (C=S) groups is 1. The summed E-state index contributed by atoms with van der Waals surface area (Å²) in [6.45, 7) is -0.0584. The van der Waals surface area contributed by atoms with Gasteiger partial charge in [-0.1, -0.05) is 41.6 Å². The quantitative estimate of drug-likeness (QED) is 0.869. The van der Waals surface area contributed by atoms with Crippen molar-refractivity contribution in [2.24, 2.45) is 0 Å². The molecule has 0 unspecified atom stereocenters. The summed E-state index contributed by atoms with van der Waals surface area (Å²) in [5, 5.41) is 3.20. The Morgan fingerprint density at radius 2 is 2.33 bits per heavy atom. The average Bonchev–Trinajstić information content (AvgIpc) is 2.61. The molecule has 4 nitrogen and oxygen atoms in total. The van der Waals surface area contributed by atoms with E-state index in [1.807, 2.05) is 0 Å². The number of carbonyl (C=O) groups is 2. The molecule has 1 aliphatic heterocycles. The van der Waals surface area contributed by atoms with Gasteiger partial charge in [-0.3, -0.25) is 14.5 Å². The van der Waals surface area contributed by atoms with E-state index in [2.05, 4.69) is 5.32 Å². The van der Waals surface area contributed by atoms with Gasteiger partial charge in [0.25, 0.3) is 0 Å². The van der Waals surface area contributed by atoms with Crippen molar-refractivity contribution < 1.29 is 9.59 Å². The molecule has 0 aliphatic carbocycles. The van der Waals surface area contributed by atoms with Crippen LogP contribution >= 0.6 is 35.6 Å². The van der Waals surface area contributed by atoms with Gasteiger partial charge in [0.05, 0.1) is 5.75 Å². The fraction of sp³-hybridized carbons (Fsp3) is 0.182. The second-order valence-corrected chi connectivity index (χ2v) is 5.64. The van der Waals surface area contributed by atoms with E-state index >= 15 is 0 Å². The Morgan fingerprint density at radius 1 is 1.56 bits per heavy atom. The Labute approximate surface area is 119 Å². The molecule has 0 atom stereocenters. The van der Waals surface area contributed by atoms with Crippen LogP contribution < -0.4 is 5.32 Å². The number of carbonyl (C=O) groups excluding carboxylic acids is 2. The molecule has 1 heterocycles. The number of nitrogens with one attached hydrogen (secondary N) is 1. The van der Waals surface area contributed by atoms with Crippen LogP contribution in [-0.4, -0.2) is 33.3 Å². The molecule has 7 heteroatoms. The fourth-order valence-corrected chi connectivity index (χ4v) is 2.70. The topological polar surface area (TPSA) is 49.4 Å². The third kappa shape index (κ3) is 3.22. The van der Waals surface area contributed by atoms with E-state index in [4.69, 9.17) is 23.8 Å². The molecule has 0 spiro atoms. The van der Waals surface area contributed by atoms with Gasteiger partial charge in [0.1, 0.15) is 10.9 Å². The van der Waals surface area contributed by atoms with Gasteiger partial charge >= 0.3 is 0 Å². The smallest absolute Gasteiger partial charge is 0.244 e. The summed E-state index contributed by atoms with van der Waals surface area (Å²) in [5.41, 5.74) is 0.595. The summed E-state index contributed by atoms with van der Waals surface area (Å²) in [4.78, 5) is 24.5. The maximum atomic E-state index is 11.8. The van der Waals surface area contributed by atoms with Crippen molar-refractivity contribution in [3.8, 4) is 0 Å². The maximum Gasteiger partial charge on any atom is 0.244 e. The molecule has 1 fully saturated rings. The molecule has 1 aliphatic rings. The van der Waals surface area contributed by atoms with E-state index in [-0.39, 0.29) is 18.4 Å². The highest BCUT2D eigenvalue weighted by Gasteiger charge is 2.28. The van der Waals surface area contributed by atoms with Gasteiger partial charge in [-0.05, 0) is 18.2 Å². The molecule has 0 radical (unpaired) electrons. The van der Waals surface area contributed by atoms with Crippen LogP contribution in [0.3, 0.4) is 0 Å². The van der Waals surface area contributed by atoms with Crippen molar-refractivity contribution in [1.29, 1.82) is 0 Å². The second-order valence-electron chi connectivity index (χ2n) is 3.59. The van der Waals surface area contributed by atoms with Gasteiger partial charge < -0.3 is 5.32 Å². The molecular formula is C11H9ClN2O2S2. The number of thioether (sulfide) groups is 1. The first-order chi connectivity index (χ1) is 8.56. The van der Waals surface area contributed by atoms with Crippen LogP contribution in [0, 0.1) is 0 Å². The largest absolute Gasteiger partial charge is 0.324 e. The molecule has 2 rings (SSSR count). The Bertz CT molecular complexity index is 506. The van der Waals surface area contributed by atoms with Crippen molar-refractivity contribution >= 4 is 57.4 Å². The van der Waals surface area contributed by atoms with Gasteiger partial charge in [-0.2, -0.15) is 0 Å². The summed E-state index contributed by atoms with van der Waals surface area (Å²) >= 11 is 12.1. The summed E-state index contributed by atoms with van der Waals surface area (Å²) in [6.07, 6.45) is 0. The molecule has 0 bridgehead atoms. The second kappa shape index (κ2) is 5.69. The first-order valence-electron chi connectivity index (χ1n) is 5.09. The highest BCUT2D eigenvalue weighted by atomic mass is 35.5. The van der Waals surface area contributed by atoms with Crippen LogP contribution in [-0.2, 0) is 9.59 Å². The van der Waals surface area contributed by atoms with E-state index < -0.39 is 0 Å². The van der Waals surface area contributed by atoms with Gasteiger partial charge in [0.2, 0.25) is 11.8 Å². The lowest BCUT2D eigenvalue weighted by molar-refractivity contribution is -0.127. The highest BCUT2D eigenvalue weighted by Crippen LogP contribution is 2.19. The van der Waals surface area contributed by atoms with Crippen molar-refractivity contribution in [2.75, 3.05) is 17.6 Å². The molecule has 18 heavy (non-hydrogen) atoms. The van der Waals surface area contributed by atoms with E-state index in [1.54, 1.807) is 24.3 Å². The summed E-state index contributed by atoms with van der Waals surface area (Å²) in [7, 11) is 0. The number of benzene rings is 1. The number of hydrogen-bond acceptors (Lipinski definition) is 4. The van der Waals surface area contributed by atoms with Gasteiger partial charge in [0.15, 0.2) is 0 Å². The van der Waals surface area contributed by atoms with E-state index in [1.165, 1.54) is 16.7 Å². The minimum Gasteiger partial charge on any atom is -0.324 e. The SMILES string of the molecule is O=C(CN1C(=O)CSC1=S)Nc1cccc(Cl)c1. The van der Waals surface area contributed by atoms with Crippen LogP contribution in [0.5, 0.6) is 0 Å². The third-order valence-corrected chi connectivity index (χ3v) is 3.92. The molecule has 0 saturated carbocycles. The Hall–Kier alpha value is -1.11. The van der Waals surface area contributed by atoms with Crippen molar-refractivity contribution in [1.82, 2.24) is 4.90 Å². The van der Waals surface area contributed by atoms with Gasteiger partial charge in [-0.15, -0.1) is 0 Å². The monoisotopic (exact) mass is 300 g/mol. The summed E-state index contributed by atoms with van der Waals surface area (Å²) in [5.74, 6) is -0.120. The zero-order valence-corrected chi connectivity index (χ0v) is 11.6. The van der Waals surface area contributed by atoms with Crippen molar-refractivity contribution in [2.45, 2.75) is 0 Å². The minimum atomic E-state index is -0.296. The lowest BCUT2D eigenvalue weighted by atomic mass is 10.3. The lowest BCUT2D eigenvalue weighted by Gasteiger charge is -2.14. The van der Waals surface area contributed by atoms with E-state index in [0.29, 0.717) is 20.8 Å². The number of anilines is 1. The Balaban J connectivity index is 1.97. The van der Waals surface area contributed by atoms with Crippen molar-refractivity contribution in [3.05, 3.63) is 29.3 Å². The molecule has 1 saturated heterocycles.